The van der Waals surface area contributed by atoms with Crippen molar-refractivity contribution in [1.82, 2.24) is 0 Å². The topological polar surface area (TPSA) is 132 Å². The summed E-state index contributed by atoms with van der Waals surface area (Å²) in [6.45, 7) is 0. The summed E-state index contributed by atoms with van der Waals surface area (Å²) in [7, 11) is 0. The number of Topliss-reactive ketones (excluding diaryl/α,β-unsaturated/α-hetero) is 1. The molecule has 3 aromatic carbocycles. The van der Waals surface area contributed by atoms with Crippen LogP contribution in [0.5, 0.6) is 0 Å². The first-order valence-corrected chi connectivity index (χ1v) is 9.82. The third-order valence-electron chi connectivity index (χ3n) is 5.36. The molecule has 0 spiro atoms. The zero-order valence-electron chi connectivity index (χ0n) is 17.0. The van der Waals surface area contributed by atoms with Gasteiger partial charge in [-0.25, -0.2) is 9.59 Å². The lowest BCUT2D eigenvalue weighted by molar-refractivity contribution is -0.132. The number of ketones is 1. The lowest BCUT2D eigenvalue weighted by Gasteiger charge is -2.25. The van der Waals surface area contributed by atoms with Crippen LogP contribution in [-0.2, 0) is 9.59 Å². The summed E-state index contributed by atoms with van der Waals surface area (Å²) < 4.78 is 0. The molecule has 1 unspecified atom stereocenters. The third kappa shape index (κ3) is 3.85. The van der Waals surface area contributed by atoms with E-state index in [-0.39, 0.29) is 28.1 Å². The molecule has 1 saturated heterocycles. The number of amides is 1. The van der Waals surface area contributed by atoms with Crippen LogP contribution in [0.15, 0.2) is 84.4 Å². The van der Waals surface area contributed by atoms with Crippen molar-refractivity contribution < 1.29 is 34.5 Å². The molecule has 33 heavy (non-hydrogen) atoms. The van der Waals surface area contributed by atoms with Crippen LogP contribution >= 0.6 is 0 Å². The quantitative estimate of drug-likeness (QED) is 0.311. The van der Waals surface area contributed by atoms with Crippen molar-refractivity contribution in [3.8, 4) is 0 Å². The Bertz CT molecular complexity index is 1290. The van der Waals surface area contributed by atoms with Crippen LogP contribution in [0.2, 0.25) is 0 Å². The summed E-state index contributed by atoms with van der Waals surface area (Å²) in [6, 6.07) is 18.2. The fourth-order valence-corrected chi connectivity index (χ4v) is 3.74. The molecular weight excluding hydrogens is 426 g/mol. The molecule has 0 aromatic heterocycles. The van der Waals surface area contributed by atoms with Crippen molar-refractivity contribution in [2.24, 2.45) is 0 Å². The maximum atomic E-state index is 13.1. The lowest BCUT2D eigenvalue weighted by Crippen LogP contribution is -2.29. The number of benzene rings is 3. The Balaban J connectivity index is 1.91. The molecule has 8 nitrogen and oxygen atoms in total. The highest BCUT2D eigenvalue weighted by atomic mass is 16.4. The zero-order chi connectivity index (χ0) is 23.7. The van der Waals surface area contributed by atoms with Gasteiger partial charge in [0.05, 0.1) is 22.7 Å². The molecule has 1 amide bonds. The SMILES string of the molecule is O=C1C(=O)N(c2ccc(C(=O)O)cc2)C(c2ccc(C(=O)O)cc2)C1=C(O)c1ccccc1. The summed E-state index contributed by atoms with van der Waals surface area (Å²) >= 11 is 0. The Morgan fingerprint density at radius 3 is 1.70 bits per heavy atom. The first-order valence-electron chi connectivity index (χ1n) is 9.82. The van der Waals surface area contributed by atoms with E-state index >= 15 is 0 Å². The largest absolute Gasteiger partial charge is 0.507 e. The van der Waals surface area contributed by atoms with Crippen LogP contribution < -0.4 is 4.90 Å². The smallest absolute Gasteiger partial charge is 0.335 e. The van der Waals surface area contributed by atoms with Gasteiger partial charge in [-0.05, 0) is 42.0 Å². The maximum Gasteiger partial charge on any atom is 0.335 e. The Labute approximate surface area is 187 Å². The van der Waals surface area contributed by atoms with Gasteiger partial charge in [-0.1, -0.05) is 42.5 Å². The highest BCUT2D eigenvalue weighted by molar-refractivity contribution is 6.51. The Morgan fingerprint density at radius 1 is 0.667 bits per heavy atom. The fraction of sp³-hybridized carbons (Fsp3) is 0.0400. The molecule has 3 aromatic rings. The van der Waals surface area contributed by atoms with Gasteiger partial charge in [-0.15, -0.1) is 0 Å². The van der Waals surface area contributed by atoms with Crippen molar-refractivity contribution in [3.63, 3.8) is 0 Å². The van der Waals surface area contributed by atoms with Gasteiger partial charge in [-0.3, -0.25) is 14.5 Å². The molecule has 0 saturated carbocycles. The highest BCUT2D eigenvalue weighted by Crippen LogP contribution is 2.42. The number of rotatable bonds is 5. The number of nitrogens with zero attached hydrogens (tertiary/aromatic N) is 1. The monoisotopic (exact) mass is 443 g/mol. The second-order valence-electron chi connectivity index (χ2n) is 7.31. The second-order valence-corrected chi connectivity index (χ2v) is 7.31. The van der Waals surface area contributed by atoms with E-state index in [0.29, 0.717) is 11.1 Å². The lowest BCUT2D eigenvalue weighted by atomic mass is 9.94. The normalized spacial score (nSPS) is 17.2. The van der Waals surface area contributed by atoms with Crippen molar-refractivity contribution in [2.75, 3.05) is 4.90 Å². The zero-order valence-corrected chi connectivity index (χ0v) is 17.0. The number of carboxylic acids is 2. The van der Waals surface area contributed by atoms with Crippen LogP contribution in [0.25, 0.3) is 5.76 Å². The van der Waals surface area contributed by atoms with Crippen LogP contribution in [0.4, 0.5) is 5.69 Å². The van der Waals surface area contributed by atoms with E-state index < -0.39 is 29.7 Å². The highest BCUT2D eigenvalue weighted by Gasteiger charge is 2.47. The van der Waals surface area contributed by atoms with Gasteiger partial charge < -0.3 is 15.3 Å². The van der Waals surface area contributed by atoms with E-state index in [9.17, 15) is 29.4 Å². The van der Waals surface area contributed by atoms with E-state index in [2.05, 4.69) is 0 Å². The van der Waals surface area contributed by atoms with Crippen LogP contribution in [0.1, 0.15) is 37.9 Å². The van der Waals surface area contributed by atoms with E-state index in [1.54, 1.807) is 30.3 Å². The molecular formula is C25H17NO7. The van der Waals surface area contributed by atoms with E-state index in [1.165, 1.54) is 48.5 Å². The Morgan fingerprint density at radius 2 is 1.18 bits per heavy atom. The fourth-order valence-electron chi connectivity index (χ4n) is 3.74. The number of aromatic carboxylic acids is 2. The molecule has 1 aliphatic heterocycles. The van der Waals surface area contributed by atoms with Gasteiger partial charge in [0.1, 0.15) is 5.76 Å². The number of aliphatic hydroxyl groups excluding tert-OH is 1. The molecule has 4 rings (SSSR count). The molecule has 1 heterocycles. The Hall–Kier alpha value is -4.72. The average Bonchev–Trinajstić information content (AvgIpc) is 3.09. The predicted octanol–water partition coefficient (Wildman–Crippen LogP) is 3.71. The summed E-state index contributed by atoms with van der Waals surface area (Å²) in [4.78, 5) is 49.7. The molecule has 3 N–H and O–H groups in total. The van der Waals surface area contributed by atoms with Gasteiger partial charge in [-0.2, -0.15) is 0 Å². The predicted molar refractivity (Wildman–Crippen MR) is 118 cm³/mol. The molecule has 164 valence electrons. The first kappa shape index (κ1) is 21.5. The standard InChI is InChI=1S/C25H17NO7/c27-21(15-4-2-1-3-5-15)19-20(14-6-8-16(9-7-14)24(30)31)26(23(29)22(19)28)18-12-10-17(11-13-18)25(32)33/h1-13,20,27H,(H,30,31)(H,32,33). The summed E-state index contributed by atoms with van der Waals surface area (Å²) in [5.41, 5.74) is 0.854. The van der Waals surface area contributed by atoms with E-state index in [4.69, 9.17) is 5.11 Å². The van der Waals surface area contributed by atoms with Crippen molar-refractivity contribution in [1.29, 1.82) is 0 Å². The van der Waals surface area contributed by atoms with Gasteiger partial charge >= 0.3 is 11.9 Å². The molecule has 0 bridgehead atoms. The van der Waals surface area contributed by atoms with Crippen LogP contribution in [0.3, 0.4) is 0 Å². The van der Waals surface area contributed by atoms with Gasteiger partial charge in [0.2, 0.25) is 0 Å². The number of carbonyl (C=O) groups excluding carboxylic acids is 2. The molecule has 1 fully saturated rings. The number of carboxylic acid groups (broad SMARTS) is 2. The summed E-state index contributed by atoms with van der Waals surface area (Å²) in [6.07, 6.45) is 0. The minimum atomic E-state index is -1.14. The van der Waals surface area contributed by atoms with Crippen LogP contribution in [-0.4, -0.2) is 38.9 Å². The first-order chi connectivity index (χ1) is 15.8. The van der Waals surface area contributed by atoms with E-state index in [0.717, 1.165) is 4.90 Å². The van der Waals surface area contributed by atoms with E-state index in [1.807, 2.05) is 0 Å². The van der Waals surface area contributed by atoms with Crippen LogP contribution in [0, 0.1) is 0 Å². The maximum absolute atomic E-state index is 13.1. The van der Waals surface area contributed by atoms with Gasteiger partial charge in [0.15, 0.2) is 0 Å². The second kappa shape index (κ2) is 8.43. The summed E-state index contributed by atoms with van der Waals surface area (Å²) in [5.74, 6) is -4.46. The number of aliphatic hydroxyl groups is 1. The Kier molecular flexibility index (Phi) is 5.49. The van der Waals surface area contributed by atoms with Crippen molar-refractivity contribution in [3.05, 3.63) is 107 Å². The number of anilines is 1. The number of carbonyl (C=O) groups is 4. The molecule has 0 aliphatic carbocycles. The van der Waals surface area contributed by atoms with Gasteiger partial charge in [0.25, 0.3) is 11.7 Å². The minimum absolute atomic E-state index is 0.00184. The number of hydrogen-bond acceptors (Lipinski definition) is 5. The third-order valence-corrected chi connectivity index (χ3v) is 5.36. The minimum Gasteiger partial charge on any atom is -0.507 e. The van der Waals surface area contributed by atoms with Gasteiger partial charge in [0, 0.05) is 11.3 Å². The summed E-state index contributed by atoms with van der Waals surface area (Å²) in [5, 5.41) is 29.3. The van der Waals surface area contributed by atoms with Crippen molar-refractivity contribution >= 4 is 35.1 Å². The number of hydrogen-bond donors (Lipinski definition) is 3. The molecule has 1 atom stereocenters. The average molecular weight is 443 g/mol. The molecule has 0 radical (unpaired) electrons. The van der Waals surface area contributed by atoms with Crippen molar-refractivity contribution in [2.45, 2.75) is 6.04 Å². The molecule has 8 heteroatoms. The molecule has 1 aliphatic rings.